The van der Waals surface area contributed by atoms with Gasteiger partial charge in [0.15, 0.2) is 0 Å². The summed E-state index contributed by atoms with van der Waals surface area (Å²) in [6.45, 7) is 11.3. The average molecular weight is 444 g/mol. The highest BCUT2D eigenvalue weighted by molar-refractivity contribution is 6.00. The summed E-state index contributed by atoms with van der Waals surface area (Å²) in [5.41, 5.74) is 6.62. The smallest absolute Gasteiger partial charge is 0.226 e. The SMILES string of the molecule is CC(C)(C)c1ccc(C2=C(c3ccnc(N4CCOCC4)n3)c3cc(F)ccc3[CH]N2)cc1. The molecule has 3 aromatic rings. The standard InChI is InChI=1S/C27H28FN4O/c1-27(2,3)20-7-4-18(5-8-20)25-24(22-16-21(28)9-6-19(22)17-30-25)23-10-11-29-26(31-23)32-12-14-33-15-13-32/h4-11,16-17,30H,12-15H2,1-3H3. The van der Waals surface area contributed by atoms with Crippen LogP contribution in [0.3, 0.4) is 0 Å². The Kier molecular flexibility index (Phi) is 5.62. The zero-order valence-electron chi connectivity index (χ0n) is 19.2. The van der Waals surface area contributed by atoms with Gasteiger partial charge in [0.25, 0.3) is 0 Å². The van der Waals surface area contributed by atoms with Crippen LogP contribution in [0, 0.1) is 12.4 Å². The normalized spacial score (nSPS) is 16.4. The van der Waals surface area contributed by atoms with Crippen molar-refractivity contribution >= 4 is 17.2 Å². The highest BCUT2D eigenvalue weighted by Gasteiger charge is 2.25. The molecular formula is C27H28FN4O. The maximum Gasteiger partial charge on any atom is 0.226 e. The van der Waals surface area contributed by atoms with Crippen molar-refractivity contribution in [2.45, 2.75) is 26.2 Å². The highest BCUT2D eigenvalue weighted by atomic mass is 19.1. The number of morpholine rings is 1. The Labute approximate surface area is 194 Å². The minimum absolute atomic E-state index is 0.0668. The third kappa shape index (κ3) is 4.35. The molecule has 5 nitrogen and oxygen atoms in total. The third-order valence-corrected chi connectivity index (χ3v) is 6.14. The molecule has 2 aromatic carbocycles. The van der Waals surface area contributed by atoms with Gasteiger partial charge in [-0.1, -0.05) is 51.1 Å². The number of fused-ring (bicyclic) bond motifs is 1. The van der Waals surface area contributed by atoms with Crippen molar-refractivity contribution in [3.05, 3.63) is 95.0 Å². The van der Waals surface area contributed by atoms with Crippen LogP contribution in [-0.4, -0.2) is 36.3 Å². The van der Waals surface area contributed by atoms with E-state index in [1.54, 1.807) is 18.3 Å². The number of hydrogen-bond donors (Lipinski definition) is 1. The second-order valence-electron chi connectivity index (χ2n) is 9.44. The van der Waals surface area contributed by atoms with E-state index in [0.717, 1.165) is 46.7 Å². The van der Waals surface area contributed by atoms with E-state index in [2.05, 4.69) is 60.2 Å². The molecule has 0 unspecified atom stereocenters. The van der Waals surface area contributed by atoms with Crippen LogP contribution in [0.2, 0.25) is 0 Å². The summed E-state index contributed by atoms with van der Waals surface area (Å²) in [4.78, 5) is 11.5. The lowest BCUT2D eigenvalue weighted by molar-refractivity contribution is 0.122. The van der Waals surface area contributed by atoms with E-state index in [0.29, 0.717) is 19.2 Å². The topological polar surface area (TPSA) is 50.3 Å². The van der Waals surface area contributed by atoms with E-state index < -0.39 is 0 Å². The first-order valence-electron chi connectivity index (χ1n) is 11.3. The Bertz CT molecular complexity index is 1190. The van der Waals surface area contributed by atoms with Gasteiger partial charge in [-0.15, -0.1) is 0 Å². The summed E-state index contributed by atoms with van der Waals surface area (Å²) in [5, 5.41) is 3.46. The Balaban J connectivity index is 1.66. The van der Waals surface area contributed by atoms with Crippen LogP contribution >= 0.6 is 0 Å². The van der Waals surface area contributed by atoms with Gasteiger partial charge in [0.1, 0.15) is 5.82 Å². The van der Waals surface area contributed by atoms with Gasteiger partial charge >= 0.3 is 0 Å². The molecule has 0 spiro atoms. The van der Waals surface area contributed by atoms with Crippen LogP contribution in [-0.2, 0) is 10.2 Å². The minimum atomic E-state index is -0.272. The van der Waals surface area contributed by atoms with Crippen LogP contribution in [0.5, 0.6) is 0 Å². The maximum atomic E-state index is 14.4. The molecule has 0 aliphatic carbocycles. The number of ether oxygens (including phenoxy) is 1. The van der Waals surface area contributed by atoms with E-state index >= 15 is 0 Å². The molecule has 6 heteroatoms. The zero-order chi connectivity index (χ0) is 23.0. The van der Waals surface area contributed by atoms with E-state index in [-0.39, 0.29) is 11.2 Å². The van der Waals surface area contributed by atoms with Crippen molar-refractivity contribution < 1.29 is 9.13 Å². The Morgan fingerprint density at radius 3 is 2.48 bits per heavy atom. The molecular weight excluding hydrogens is 415 g/mol. The molecule has 33 heavy (non-hydrogen) atoms. The van der Waals surface area contributed by atoms with Crippen molar-refractivity contribution in [2.24, 2.45) is 0 Å². The Hall–Kier alpha value is -3.25. The number of hydrogen-bond acceptors (Lipinski definition) is 5. The van der Waals surface area contributed by atoms with E-state index in [4.69, 9.17) is 9.72 Å². The molecule has 1 N–H and O–H groups in total. The number of nitrogens with one attached hydrogen (secondary N) is 1. The summed E-state index contributed by atoms with van der Waals surface area (Å²) >= 11 is 0. The fourth-order valence-corrected chi connectivity index (χ4v) is 4.26. The van der Waals surface area contributed by atoms with E-state index in [1.165, 1.54) is 11.6 Å². The number of rotatable bonds is 3. The van der Waals surface area contributed by atoms with Crippen LogP contribution in [0.1, 0.15) is 48.7 Å². The highest BCUT2D eigenvalue weighted by Crippen LogP contribution is 2.37. The predicted molar refractivity (Wildman–Crippen MR) is 129 cm³/mol. The fourth-order valence-electron chi connectivity index (χ4n) is 4.26. The Morgan fingerprint density at radius 2 is 1.76 bits per heavy atom. The molecule has 2 aliphatic rings. The average Bonchev–Trinajstić information content (AvgIpc) is 2.83. The zero-order valence-corrected chi connectivity index (χ0v) is 19.2. The third-order valence-electron chi connectivity index (χ3n) is 6.14. The van der Waals surface area contributed by atoms with Gasteiger partial charge in [0.05, 0.1) is 31.1 Å². The van der Waals surface area contributed by atoms with Crippen molar-refractivity contribution in [1.29, 1.82) is 0 Å². The first-order chi connectivity index (χ1) is 15.9. The van der Waals surface area contributed by atoms with Crippen molar-refractivity contribution in [2.75, 3.05) is 31.2 Å². The first-order valence-corrected chi connectivity index (χ1v) is 11.3. The molecule has 1 radical (unpaired) electrons. The summed E-state index contributed by atoms with van der Waals surface area (Å²) in [5.74, 6) is 0.393. The van der Waals surface area contributed by atoms with Gasteiger partial charge in [-0.2, -0.15) is 0 Å². The Morgan fingerprint density at radius 1 is 1.00 bits per heavy atom. The predicted octanol–water partition coefficient (Wildman–Crippen LogP) is 4.78. The lowest BCUT2D eigenvalue weighted by Gasteiger charge is -2.28. The summed E-state index contributed by atoms with van der Waals surface area (Å²) in [6.07, 6.45) is 1.78. The quantitative estimate of drug-likeness (QED) is 0.631. The number of aromatic nitrogens is 2. The molecule has 2 aliphatic heterocycles. The molecule has 3 heterocycles. The van der Waals surface area contributed by atoms with Crippen LogP contribution in [0.25, 0.3) is 11.3 Å². The van der Waals surface area contributed by atoms with Gasteiger partial charge in [-0.3, -0.25) is 0 Å². The molecule has 5 rings (SSSR count). The lowest BCUT2D eigenvalue weighted by Crippen LogP contribution is -2.37. The van der Waals surface area contributed by atoms with Gasteiger partial charge in [-0.25, -0.2) is 14.4 Å². The van der Waals surface area contributed by atoms with Gasteiger partial charge in [0.2, 0.25) is 5.95 Å². The maximum absolute atomic E-state index is 14.4. The fraction of sp³-hybridized carbons (Fsp3) is 0.296. The molecule has 1 aromatic heterocycles. The van der Waals surface area contributed by atoms with Gasteiger partial charge in [-0.05, 0) is 45.9 Å². The van der Waals surface area contributed by atoms with Crippen molar-refractivity contribution in [3.8, 4) is 0 Å². The van der Waals surface area contributed by atoms with Crippen LogP contribution in [0.15, 0.2) is 54.7 Å². The monoisotopic (exact) mass is 443 g/mol. The largest absolute Gasteiger partial charge is 0.378 e. The van der Waals surface area contributed by atoms with Crippen LogP contribution in [0.4, 0.5) is 10.3 Å². The second-order valence-corrected chi connectivity index (χ2v) is 9.44. The molecule has 0 saturated carbocycles. The summed E-state index contributed by atoms with van der Waals surface area (Å²) in [6, 6.07) is 15.3. The summed E-state index contributed by atoms with van der Waals surface area (Å²) in [7, 11) is 0. The molecule has 1 saturated heterocycles. The number of nitrogens with zero attached hydrogens (tertiary/aromatic N) is 3. The molecule has 0 atom stereocenters. The van der Waals surface area contributed by atoms with Gasteiger partial charge < -0.3 is 15.0 Å². The molecule has 0 amide bonds. The van der Waals surface area contributed by atoms with E-state index in [1.807, 2.05) is 12.6 Å². The molecule has 0 bridgehead atoms. The number of benzene rings is 2. The molecule has 169 valence electrons. The molecule has 1 fully saturated rings. The summed E-state index contributed by atoms with van der Waals surface area (Å²) < 4.78 is 19.8. The number of halogens is 1. The van der Waals surface area contributed by atoms with Crippen LogP contribution < -0.4 is 10.2 Å². The second kappa shape index (κ2) is 8.60. The number of anilines is 1. The lowest BCUT2D eigenvalue weighted by atomic mass is 9.85. The minimum Gasteiger partial charge on any atom is -0.378 e. The first kappa shape index (κ1) is 21.6. The van der Waals surface area contributed by atoms with Gasteiger partial charge in [0, 0.05) is 24.9 Å². The van der Waals surface area contributed by atoms with Crippen molar-refractivity contribution in [3.63, 3.8) is 0 Å². The van der Waals surface area contributed by atoms with Crippen molar-refractivity contribution in [1.82, 2.24) is 15.3 Å². The van der Waals surface area contributed by atoms with E-state index in [9.17, 15) is 4.39 Å².